The van der Waals surface area contributed by atoms with Crippen molar-refractivity contribution in [2.45, 2.75) is 6.54 Å². The van der Waals surface area contributed by atoms with Crippen molar-refractivity contribution in [3.8, 4) is 17.1 Å². The van der Waals surface area contributed by atoms with Crippen LogP contribution >= 0.6 is 0 Å². The summed E-state index contributed by atoms with van der Waals surface area (Å²) in [6.45, 7) is 0.704. The second kappa shape index (κ2) is 6.72. The zero-order valence-electron chi connectivity index (χ0n) is 12.4. The summed E-state index contributed by atoms with van der Waals surface area (Å²) < 4.78 is 5.16. The third-order valence-electron chi connectivity index (χ3n) is 3.32. The third-order valence-corrected chi connectivity index (χ3v) is 3.32. The second-order valence-electron chi connectivity index (χ2n) is 4.83. The van der Waals surface area contributed by atoms with Crippen LogP contribution in [-0.4, -0.2) is 17.1 Å². The summed E-state index contributed by atoms with van der Waals surface area (Å²) in [7, 11) is 1.67. The van der Waals surface area contributed by atoms with E-state index in [1.54, 1.807) is 13.3 Å². The first-order valence-electron chi connectivity index (χ1n) is 7.10. The minimum atomic E-state index is 0.704. The first kappa shape index (κ1) is 14.1. The number of anilines is 1. The van der Waals surface area contributed by atoms with Crippen LogP contribution in [0.25, 0.3) is 11.4 Å². The highest BCUT2D eigenvalue weighted by molar-refractivity contribution is 5.56. The monoisotopic (exact) mass is 291 g/mol. The molecule has 4 heteroatoms. The first-order chi connectivity index (χ1) is 10.8. The molecule has 0 aliphatic rings. The van der Waals surface area contributed by atoms with Gasteiger partial charge in [0.2, 0.25) is 0 Å². The van der Waals surface area contributed by atoms with E-state index < -0.39 is 0 Å². The lowest BCUT2D eigenvalue weighted by atomic mass is 10.2. The number of hydrogen-bond acceptors (Lipinski definition) is 4. The molecule has 22 heavy (non-hydrogen) atoms. The van der Waals surface area contributed by atoms with Crippen LogP contribution in [-0.2, 0) is 6.54 Å². The maximum Gasteiger partial charge on any atom is 0.161 e. The van der Waals surface area contributed by atoms with E-state index in [1.165, 1.54) is 5.56 Å². The van der Waals surface area contributed by atoms with Gasteiger partial charge in [0.25, 0.3) is 0 Å². The van der Waals surface area contributed by atoms with Gasteiger partial charge in [0.05, 0.1) is 7.11 Å². The summed E-state index contributed by atoms with van der Waals surface area (Å²) in [6, 6.07) is 19.8. The minimum absolute atomic E-state index is 0.704. The number of nitrogens with one attached hydrogen (secondary N) is 1. The molecule has 0 unspecified atom stereocenters. The van der Waals surface area contributed by atoms with Gasteiger partial charge in [-0.25, -0.2) is 9.97 Å². The summed E-state index contributed by atoms with van der Waals surface area (Å²) in [5, 5.41) is 3.32. The molecule has 0 aliphatic carbocycles. The molecule has 4 nitrogen and oxygen atoms in total. The van der Waals surface area contributed by atoms with E-state index >= 15 is 0 Å². The van der Waals surface area contributed by atoms with Crippen molar-refractivity contribution in [3.63, 3.8) is 0 Å². The van der Waals surface area contributed by atoms with Gasteiger partial charge < -0.3 is 10.1 Å². The van der Waals surface area contributed by atoms with Crippen LogP contribution in [0.5, 0.6) is 5.75 Å². The number of nitrogens with zero attached hydrogens (tertiary/aromatic N) is 2. The molecule has 0 radical (unpaired) electrons. The van der Waals surface area contributed by atoms with Gasteiger partial charge in [0.15, 0.2) is 5.82 Å². The Balaban J connectivity index is 1.70. The van der Waals surface area contributed by atoms with Crippen molar-refractivity contribution in [2.24, 2.45) is 0 Å². The lowest BCUT2D eigenvalue weighted by Gasteiger charge is -2.08. The Kier molecular flexibility index (Phi) is 4.30. The smallest absolute Gasteiger partial charge is 0.161 e. The van der Waals surface area contributed by atoms with Crippen molar-refractivity contribution in [3.05, 3.63) is 72.4 Å². The molecule has 0 saturated heterocycles. The van der Waals surface area contributed by atoms with E-state index in [1.807, 2.05) is 60.7 Å². The highest BCUT2D eigenvalue weighted by atomic mass is 16.5. The molecule has 0 saturated carbocycles. The molecule has 110 valence electrons. The number of methoxy groups -OCH3 is 1. The van der Waals surface area contributed by atoms with E-state index in [-0.39, 0.29) is 0 Å². The fourth-order valence-corrected chi connectivity index (χ4v) is 2.12. The van der Waals surface area contributed by atoms with Crippen LogP contribution in [0.4, 0.5) is 5.82 Å². The molecule has 1 heterocycles. The predicted octanol–water partition coefficient (Wildman–Crippen LogP) is 3.76. The average molecular weight is 291 g/mol. The highest BCUT2D eigenvalue weighted by Gasteiger charge is 2.02. The van der Waals surface area contributed by atoms with Crippen molar-refractivity contribution in [2.75, 3.05) is 12.4 Å². The second-order valence-corrected chi connectivity index (χ2v) is 4.83. The molecule has 3 rings (SSSR count). The van der Waals surface area contributed by atoms with Crippen molar-refractivity contribution >= 4 is 5.82 Å². The molecule has 1 N–H and O–H groups in total. The molecule has 0 atom stereocenters. The first-order valence-corrected chi connectivity index (χ1v) is 7.10. The number of benzene rings is 2. The third kappa shape index (κ3) is 3.41. The van der Waals surface area contributed by atoms with E-state index in [0.29, 0.717) is 6.54 Å². The van der Waals surface area contributed by atoms with Gasteiger partial charge in [0, 0.05) is 18.3 Å². The van der Waals surface area contributed by atoms with Crippen LogP contribution in [0.2, 0.25) is 0 Å². The van der Waals surface area contributed by atoms with E-state index in [2.05, 4.69) is 15.3 Å². The Labute approximate surface area is 129 Å². The van der Waals surface area contributed by atoms with Gasteiger partial charge in [-0.15, -0.1) is 0 Å². The van der Waals surface area contributed by atoms with Gasteiger partial charge in [-0.05, 0) is 23.8 Å². The molecule has 2 aromatic carbocycles. The summed E-state index contributed by atoms with van der Waals surface area (Å²) in [6.07, 6.45) is 1.77. The van der Waals surface area contributed by atoms with Crippen molar-refractivity contribution < 1.29 is 4.74 Å². The van der Waals surface area contributed by atoms with E-state index in [4.69, 9.17) is 4.74 Å². The van der Waals surface area contributed by atoms with E-state index in [0.717, 1.165) is 23.0 Å². The van der Waals surface area contributed by atoms with Gasteiger partial charge in [-0.1, -0.05) is 42.5 Å². The van der Waals surface area contributed by atoms with Crippen LogP contribution in [0.15, 0.2) is 66.9 Å². The average Bonchev–Trinajstić information content (AvgIpc) is 2.61. The summed E-state index contributed by atoms with van der Waals surface area (Å²) in [5.41, 5.74) is 2.18. The molecule has 0 spiro atoms. The Hall–Kier alpha value is -2.88. The summed E-state index contributed by atoms with van der Waals surface area (Å²) in [4.78, 5) is 8.86. The number of hydrogen-bond donors (Lipinski definition) is 1. The largest absolute Gasteiger partial charge is 0.497 e. The van der Waals surface area contributed by atoms with Crippen molar-refractivity contribution in [1.29, 1.82) is 0 Å². The zero-order chi connectivity index (χ0) is 15.2. The molecule has 3 aromatic rings. The maximum absolute atomic E-state index is 5.16. The lowest BCUT2D eigenvalue weighted by molar-refractivity contribution is 0.414. The van der Waals surface area contributed by atoms with Crippen LogP contribution in [0.1, 0.15) is 5.56 Å². The standard InChI is InChI=1S/C18H17N3O/c1-22-16-9-7-14(8-10-16)13-20-17-11-12-19-18(21-17)15-5-3-2-4-6-15/h2-12H,13H2,1H3,(H,19,20,21). The predicted molar refractivity (Wildman–Crippen MR) is 87.8 cm³/mol. The molecule has 0 aliphatic heterocycles. The summed E-state index contributed by atoms with van der Waals surface area (Å²) in [5.74, 6) is 2.39. The summed E-state index contributed by atoms with van der Waals surface area (Å²) >= 11 is 0. The number of rotatable bonds is 5. The number of ether oxygens (including phenoxy) is 1. The Morgan fingerprint density at radius 1 is 0.955 bits per heavy atom. The molecule has 0 bridgehead atoms. The molecule has 0 amide bonds. The van der Waals surface area contributed by atoms with Crippen LogP contribution in [0, 0.1) is 0 Å². The minimum Gasteiger partial charge on any atom is -0.497 e. The Bertz CT molecular complexity index is 727. The van der Waals surface area contributed by atoms with Gasteiger partial charge in [-0.3, -0.25) is 0 Å². The fourth-order valence-electron chi connectivity index (χ4n) is 2.12. The van der Waals surface area contributed by atoms with Crippen molar-refractivity contribution in [1.82, 2.24) is 9.97 Å². The Morgan fingerprint density at radius 3 is 2.45 bits per heavy atom. The lowest BCUT2D eigenvalue weighted by Crippen LogP contribution is -2.02. The SMILES string of the molecule is COc1ccc(CNc2ccnc(-c3ccccc3)n2)cc1. The molecule has 0 fully saturated rings. The zero-order valence-corrected chi connectivity index (χ0v) is 12.4. The number of aromatic nitrogens is 2. The molecular weight excluding hydrogens is 274 g/mol. The highest BCUT2D eigenvalue weighted by Crippen LogP contribution is 2.16. The van der Waals surface area contributed by atoms with Crippen LogP contribution in [0.3, 0.4) is 0 Å². The van der Waals surface area contributed by atoms with Gasteiger partial charge >= 0.3 is 0 Å². The van der Waals surface area contributed by atoms with E-state index in [9.17, 15) is 0 Å². The molecular formula is C18H17N3O. The maximum atomic E-state index is 5.16. The van der Waals surface area contributed by atoms with Crippen LogP contribution < -0.4 is 10.1 Å². The quantitative estimate of drug-likeness (QED) is 0.777. The molecule has 1 aromatic heterocycles. The normalized spacial score (nSPS) is 10.2. The van der Waals surface area contributed by atoms with Gasteiger partial charge in [0.1, 0.15) is 11.6 Å². The van der Waals surface area contributed by atoms with Gasteiger partial charge in [-0.2, -0.15) is 0 Å². The topological polar surface area (TPSA) is 47.0 Å². The Morgan fingerprint density at radius 2 is 1.73 bits per heavy atom. The fraction of sp³-hybridized carbons (Fsp3) is 0.111.